The first-order valence-electron chi connectivity index (χ1n) is 6.52. The third kappa shape index (κ3) is 36.0. The molecule has 0 heterocycles. The van der Waals surface area contributed by atoms with Crippen LogP contribution >= 0.6 is 0 Å². The Labute approximate surface area is 138 Å². The first-order valence-corrected chi connectivity index (χ1v) is 6.52. The van der Waals surface area contributed by atoms with Crippen LogP contribution in [0.3, 0.4) is 0 Å². The van der Waals surface area contributed by atoms with Crippen molar-refractivity contribution < 1.29 is 17.1 Å². The summed E-state index contributed by atoms with van der Waals surface area (Å²) >= 11 is 0. The van der Waals surface area contributed by atoms with E-state index in [-0.39, 0.29) is 42.6 Å². The van der Waals surface area contributed by atoms with Gasteiger partial charge in [-0.15, -0.1) is 0 Å². The van der Waals surface area contributed by atoms with Crippen LogP contribution in [0, 0.1) is 27.1 Å². The third-order valence-electron chi connectivity index (χ3n) is 2.43. The molecule has 0 fully saturated rings. The summed E-state index contributed by atoms with van der Waals surface area (Å²) in [6.07, 6.45) is 2.93. The van der Waals surface area contributed by atoms with Gasteiger partial charge in [0.15, 0.2) is 0 Å². The molecule has 3 atom stereocenters. The fourth-order valence-electron chi connectivity index (χ4n) is 0.274. The Bertz CT molecular complexity index is 236. The summed E-state index contributed by atoms with van der Waals surface area (Å²) in [6, 6.07) is 0.681. The van der Waals surface area contributed by atoms with Crippen LogP contribution in [0.1, 0.15) is 60.8 Å². The Morgan fingerprint density at radius 2 is 0.800 bits per heavy atom. The molecule has 1 radical (unpaired) electrons. The zero-order valence-electron chi connectivity index (χ0n) is 14.1. The average molecular weight is 319 g/mol. The molecule has 0 aliphatic carbocycles. The van der Waals surface area contributed by atoms with E-state index in [1.54, 1.807) is 0 Å². The summed E-state index contributed by atoms with van der Waals surface area (Å²) in [7, 11) is 0. The van der Waals surface area contributed by atoms with Crippen molar-refractivity contribution in [1.82, 2.24) is 0 Å². The monoisotopic (exact) mass is 319 g/mol. The molecule has 0 amide bonds. The van der Waals surface area contributed by atoms with Crippen molar-refractivity contribution in [1.29, 1.82) is 0 Å². The molecular formula is C16H30MnN3-. The van der Waals surface area contributed by atoms with Crippen LogP contribution in [0.5, 0.6) is 0 Å². The summed E-state index contributed by atoms with van der Waals surface area (Å²) in [6.45, 7) is 31.1. The first kappa shape index (κ1) is 31.4. The van der Waals surface area contributed by atoms with E-state index in [9.17, 15) is 0 Å². The molecule has 0 rings (SSSR count). The average Bonchev–Trinajstić information content (AvgIpc) is 2.45. The van der Waals surface area contributed by atoms with Gasteiger partial charge in [-0.1, -0.05) is 20.8 Å². The van der Waals surface area contributed by atoms with Crippen LogP contribution in [0.15, 0.2) is 0 Å². The summed E-state index contributed by atoms with van der Waals surface area (Å²) in [5, 5.41) is 0. The van der Waals surface area contributed by atoms with Crippen LogP contribution in [-0.4, -0.2) is 18.1 Å². The Morgan fingerprint density at radius 3 is 0.800 bits per heavy atom. The predicted molar refractivity (Wildman–Crippen MR) is 85.5 cm³/mol. The Morgan fingerprint density at radius 1 is 0.650 bits per heavy atom. The zero-order chi connectivity index (χ0) is 15.0. The quantitative estimate of drug-likeness (QED) is 0.477. The zero-order valence-corrected chi connectivity index (χ0v) is 15.3. The molecule has 20 heavy (non-hydrogen) atoms. The van der Waals surface area contributed by atoms with E-state index in [4.69, 9.17) is 19.7 Å². The van der Waals surface area contributed by atoms with Gasteiger partial charge in [0.1, 0.15) is 0 Å². The molecule has 0 saturated heterocycles. The van der Waals surface area contributed by atoms with E-state index in [0.717, 1.165) is 19.3 Å². The molecular weight excluding hydrogens is 289 g/mol. The van der Waals surface area contributed by atoms with Gasteiger partial charge in [-0.2, -0.15) is 0 Å². The number of rotatable bonds is 3. The van der Waals surface area contributed by atoms with E-state index < -0.39 is 0 Å². The molecule has 0 aromatic rings. The van der Waals surface area contributed by atoms with Gasteiger partial charge < -0.3 is 22.0 Å². The smallest absolute Gasteiger partial charge is 0.220 e. The third-order valence-corrected chi connectivity index (χ3v) is 2.43. The van der Waals surface area contributed by atoms with Crippen molar-refractivity contribution in [2.75, 3.05) is 0 Å². The van der Waals surface area contributed by atoms with Gasteiger partial charge in [-0.3, -0.25) is 0 Å². The van der Waals surface area contributed by atoms with Crippen LogP contribution in [0.2, 0.25) is 0 Å². The maximum absolute atomic E-state index is 6.43. The first-order chi connectivity index (χ1) is 8.42. The normalized spacial score (nSPS) is 11.6. The topological polar surface area (TPSA) is 13.1 Å². The largest absolute Gasteiger partial charge is 0.358 e. The van der Waals surface area contributed by atoms with E-state index in [0.29, 0.717) is 0 Å². The summed E-state index contributed by atoms with van der Waals surface area (Å²) in [5.41, 5.74) is 0. The van der Waals surface area contributed by atoms with E-state index in [1.165, 1.54) is 0 Å². The minimum atomic E-state index is 0. The van der Waals surface area contributed by atoms with Gasteiger partial charge in [-0.05, 0) is 0 Å². The Kier molecular flexibility index (Phi) is 41.7. The molecule has 0 bridgehead atoms. The molecule has 0 N–H and O–H groups in total. The Hall–Kier alpha value is -1.01. The molecule has 0 aromatic carbocycles. The van der Waals surface area contributed by atoms with Crippen molar-refractivity contribution in [3.63, 3.8) is 0 Å². The molecule has 3 unspecified atom stereocenters. The standard InChI is InChI=1S/3C5H9N.CH3.Mn/c3*1-4-5(2)6-3;;/h3*5H,4H2,1-2H3;1H3;/q;;;-1;. The minimum Gasteiger partial charge on any atom is -0.358 e. The molecule has 0 spiro atoms. The van der Waals surface area contributed by atoms with Crippen LogP contribution in [0.25, 0.3) is 14.5 Å². The van der Waals surface area contributed by atoms with Gasteiger partial charge in [-0.25, -0.2) is 19.7 Å². The fourth-order valence-corrected chi connectivity index (χ4v) is 0.274. The second kappa shape index (κ2) is 26.5. The van der Waals surface area contributed by atoms with E-state index in [1.807, 2.05) is 41.5 Å². The molecule has 0 saturated carbocycles. The molecule has 117 valence electrons. The summed E-state index contributed by atoms with van der Waals surface area (Å²) < 4.78 is 0. The van der Waals surface area contributed by atoms with E-state index in [2.05, 4.69) is 14.5 Å². The van der Waals surface area contributed by atoms with Gasteiger partial charge >= 0.3 is 0 Å². The predicted octanol–water partition coefficient (Wildman–Crippen LogP) is 5.56. The molecule has 0 aromatic heterocycles. The number of hydrogen-bond acceptors (Lipinski definition) is 0. The van der Waals surface area contributed by atoms with Crippen LogP contribution < -0.4 is 0 Å². The summed E-state index contributed by atoms with van der Waals surface area (Å²) in [4.78, 5) is 9.77. The second-order valence-corrected chi connectivity index (χ2v) is 4.16. The molecule has 4 heteroatoms. The van der Waals surface area contributed by atoms with Crippen LogP contribution in [0.4, 0.5) is 0 Å². The molecule has 0 aliphatic heterocycles. The maximum atomic E-state index is 6.43. The van der Waals surface area contributed by atoms with Crippen molar-refractivity contribution in [3.8, 4) is 0 Å². The molecule has 3 nitrogen and oxygen atoms in total. The Balaban J connectivity index is -0.0000000536. The maximum Gasteiger partial charge on any atom is 0.220 e. The minimum absolute atomic E-state index is 0. The van der Waals surface area contributed by atoms with Crippen molar-refractivity contribution in [2.24, 2.45) is 0 Å². The van der Waals surface area contributed by atoms with Gasteiger partial charge in [0.05, 0.1) is 0 Å². The summed E-state index contributed by atoms with van der Waals surface area (Å²) in [5.74, 6) is 0. The van der Waals surface area contributed by atoms with Gasteiger partial charge in [0.2, 0.25) is 18.1 Å². The second-order valence-electron chi connectivity index (χ2n) is 4.16. The van der Waals surface area contributed by atoms with Gasteiger partial charge in [0.25, 0.3) is 0 Å². The van der Waals surface area contributed by atoms with Crippen molar-refractivity contribution in [3.05, 3.63) is 41.7 Å². The van der Waals surface area contributed by atoms with Crippen molar-refractivity contribution in [2.45, 2.75) is 78.9 Å². The van der Waals surface area contributed by atoms with Gasteiger partial charge in [0, 0.05) is 57.1 Å². The number of nitrogens with zero attached hydrogens (tertiary/aromatic N) is 3. The fraction of sp³-hybridized carbons (Fsp3) is 0.750. The van der Waals surface area contributed by atoms with E-state index >= 15 is 0 Å². The van der Waals surface area contributed by atoms with Crippen molar-refractivity contribution >= 4 is 0 Å². The number of hydrogen-bond donors (Lipinski definition) is 0. The van der Waals surface area contributed by atoms with Crippen LogP contribution in [-0.2, 0) is 17.1 Å². The SMILES string of the molecule is [C-]#[N+]C(C)CC.[C-]#[N+]C(C)CC.[C-]#[N+]C(C)CC.[CH3-].[Mn]. The molecule has 0 aliphatic rings.